The summed E-state index contributed by atoms with van der Waals surface area (Å²) in [5.41, 5.74) is -1.20. The average molecular weight is 258 g/mol. The highest BCUT2D eigenvalue weighted by Gasteiger charge is 2.43. The molecule has 0 saturated heterocycles. The molecule has 2 aliphatic heterocycles. The van der Waals surface area contributed by atoms with Gasteiger partial charge in [0.05, 0.1) is 0 Å². The van der Waals surface area contributed by atoms with Crippen LogP contribution in [0.5, 0.6) is 0 Å². The van der Waals surface area contributed by atoms with Crippen LogP contribution in [0.4, 0.5) is 0 Å². The van der Waals surface area contributed by atoms with E-state index < -0.39 is 35.0 Å². The molecule has 0 radical (unpaired) electrons. The molecule has 0 aromatic heterocycles. The monoisotopic (exact) mass is 258 g/mol. The molecule has 2 rings (SSSR count). The Kier molecular flexibility index (Phi) is 2.39. The number of aliphatic carboxylic acids is 2. The van der Waals surface area contributed by atoms with Gasteiger partial charge in [-0.05, 0) is 11.8 Å². The van der Waals surface area contributed by atoms with Crippen LogP contribution >= 0.6 is 11.8 Å². The number of thioether (sulfide) groups is 1. The third kappa shape index (κ3) is 1.65. The Hall–Kier alpha value is -2.29. The van der Waals surface area contributed by atoms with E-state index in [-0.39, 0.29) is 10.2 Å². The second-order valence-electron chi connectivity index (χ2n) is 2.82. The number of carboxylic acids is 2. The maximum Gasteiger partial charge on any atom is 0.356 e. The predicted molar refractivity (Wildman–Crippen MR) is 49.1 cm³/mol. The molecule has 17 heavy (non-hydrogen) atoms. The third-order valence-electron chi connectivity index (χ3n) is 1.80. The number of carbonyl (C=O) groups is 4. The number of ether oxygens (including phenoxy) is 2. The lowest BCUT2D eigenvalue weighted by Gasteiger charge is -2.23. The van der Waals surface area contributed by atoms with E-state index in [0.717, 1.165) is 0 Å². The van der Waals surface area contributed by atoms with Crippen LogP contribution in [0, 0.1) is 0 Å². The zero-order valence-electron chi connectivity index (χ0n) is 7.75. The topological polar surface area (TPSA) is 127 Å². The van der Waals surface area contributed by atoms with Gasteiger partial charge in [-0.1, -0.05) is 0 Å². The summed E-state index contributed by atoms with van der Waals surface area (Å²) in [6.07, 6.45) is 0. The molecule has 0 amide bonds. The highest BCUT2D eigenvalue weighted by molar-refractivity contribution is 8.06. The Balaban J connectivity index is 2.25. The first-order valence-corrected chi connectivity index (χ1v) is 4.80. The second-order valence-corrected chi connectivity index (χ2v) is 3.76. The number of cyclic esters (lactones) is 2. The van der Waals surface area contributed by atoms with E-state index in [9.17, 15) is 19.2 Å². The van der Waals surface area contributed by atoms with Gasteiger partial charge in [0.1, 0.15) is 0 Å². The maximum absolute atomic E-state index is 10.7. The first-order valence-electron chi connectivity index (χ1n) is 3.99. The van der Waals surface area contributed by atoms with Crippen molar-refractivity contribution in [3.05, 3.63) is 21.3 Å². The van der Waals surface area contributed by atoms with Gasteiger partial charge in [0.25, 0.3) is 0 Å². The molecule has 2 N–H and O–H groups in total. The minimum atomic E-state index is -1.49. The van der Waals surface area contributed by atoms with Crippen molar-refractivity contribution in [2.24, 2.45) is 0 Å². The van der Waals surface area contributed by atoms with Gasteiger partial charge in [-0.25, -0.2) is 19.2 Å². The smallest absolute Gasteiger partial charge is 0.356 e. The van der Waals surface area contributed by atoms with E-state index in [4.69, 9.17) is 10.2 Å². The van der Waals surface area contributed by atoms with Crippen LogP contribution in [0.2, 0.25) is 0 Å². The van der Waals surface area contributed by atoms with Crippen molar-refractivity contribution in [1.82, 2.24) is 0 Å². The minimum Gasteiger partial charge on any atom is -0.477 e. The lowest BCUT2D eigenvalue weighted by Crippen LogP contribution is -2.30. The summed E-state index contributed by atoms with van der Waals surface area (Å²) in [6, 6.07) is 0. The van der Waals surface area contributed by atoms with E-state index in [1.54, 1.807) is 0 Å². The first kappa shape index (κ1) is 11.2. The van der Waals surface area contributed by atoms with E-state index in [1.165, 1.54) is 0 Å². The van der Waals surface area contributed by atoms with Gasteiger partial charge < -0.3 is 19.7 Å². The van der Waals surface area contributed by atoms with Crippen LogP contribution in [0.25, 0.3) is 0 Å². The Morgan fingerprint density at radius 3 is 1.47 bits per heavy atom. The molecule has 2 heterocycles. The fourth-order valence-electron chi connectivity index (χ4n) is 1.02. The molecule has 0 fully saturated rings. The zero-order chi connectivity index (χ0) is 12.7. The molecule has 0 aromatic rings. The van der Waals surface area contributed by atoms with Crippen LogP contribution in [0.3, 0.4) is 0 Å². The van der Waals surface area contributed by atoms with E-state index in [0.29, 0.717) is 11.8 Å². The summed E-state index contributed by atoms with van der Waals surface area (Å²) in [5, 5.41) is 16.6. The highest BCUT2D eigenvalue weighted by atomic mass is 32.2. The maximum atomic E-state index is 10.7. The number of carboxylic acid groups (broad SMARTS) is 2. The fraction of sp³-hybridized carbons (Fsp3) is 0. The van der Waals surface area contributed by atoms with Crippen LogP contribution in [-0.2, 0) is 28.7 Å². The largest absolute Gasteiger partial charge is 0.477 e. The number of rotatable bonds is 4. The molecular formula is C8H2O8S. The summed E-state index contributed by atoms with van der Waals surface area (Å²) in [4.78, 5) is 42.6. The number of hydrogen-bond donors (Lipinski definition) is 2. The first-order chi connectivity index (χ1) is 7.91. The molecule has 88 valence electrons. The molecule has 0 spiro atoms. The molecule has 0 aliphatic carbocycles. The second kappa shape index (κ2) is 3.63. The Morgan fingerprint density at radius 1 is 0.882 bits per heavy atom. The summed E-state index contributed by atoms with van der Waals surface area (Å²) >= 11 is 0.465. The van der Waals surface area contributed by atoms with Crippen molar-refractivity contribution in [3.63, 3.8) is 0 Å². The van der Waals surface area contributed by atoms with Crippen molar-refractivity contribution >= 4 is 35.6 Å². The van der Waals surface area contributed by atoms with Crippen molar-refractivity contribution in [2.75, 3.05) is 0 Å². The summed E-state index contributed by atoms with van der Waals surface area (Å²) in [6.45, 7) is 0. The Morgan fingerprint density at radius 2 is 1.24 bits per heavy atom. The molecule has 0 aromatic carbocycles. The van der Waals surface area contributed by atoms with Gasteiger partial charge in [0.2, 0.25) is 0 Å². The lowest BCUT2D eigenvalue weighted by atomic mass is 10.2. The molecule has 0 bridgehead atoms. The Bertz CT molecular complexity index is 492. The number of esters is 2. The average Bonchev–Trinajstić information content (AvgIpc) is 2.12. The molecule has 8 nitrogen and oxygen atoms in total. The number of carbonyl (C=O) groups excluding carboxylic acids is 2. The molecule has 2 aliphatic rings. The fourth-order valence-corrected chi connectivity index (χ4v) is 1.97. The van der Waals surface area contributed by atoms with Gasteiger partial charge >= 0.3 is 23.9 Å². The summed E-state index contributed by atoms with van der Waals surface area (Å²) in [7, 11) is 0. The summed E-state index contributed by atoms with van der Waals surface area (Å²) < 4.78 is 8.77. The van der Waals surface area contributed by atoms with Crippen molar-refractivity contribution in [3.8, 4) is 0 Å². The summed E-state index contributed by atoms with van der Waals surface area (Å²) in [5.74, 6) is -5.04. The Labute approximate surface area is 96.5 Å². The van der Waals surface area contributed by atoms with Gasteiger partial charge in [-0.15, -0.1) is 0 Å². The highest BCUT2D eigenvalue weighted by Crippen LogP contribution is 2.41. The van der Waals surface area contributed by atoms with Crippen LogP contribution in [-0.4, -0.2) is 34.1 Å². The van der Waals surface area contributed by atoms with Crippen LogP contribution < -0.4 is 0 Å². The SMILES string of the molecule is O=C(O)C1=C(SC2=C(C(=O)O)C(=O)O2)OC1=O. The van der Waals surface area contributed by atoms with Crippen molar-refractivity contribution < 1.29 is 38.9 Å². The van der Waals surface area contributed by atoms with Gasteiger partial charge in [-0.2, -0.15) is 0 Å². The van der Waals surface area contributed by atoms with E-state index in [1.807, 2.05) is 0 Å². The van der Waals surface area contributed by atoms with Gasteiger partial charge in [-0.3, -0.25) is 0 Å². The molecule has 9 heteroatoms. The normalized spacial score (nSPS) is 18.1. The van der Waals surface area contributed by atoms with Crippen molar-refractivity contribution in [1.29, 1.82) is 0 Å². The molecule has 0 saturated carbocycles. The zero-order valence-corrected chi connectivity index (χ0v) is 8.57. The van der Waals surface area contributed by atoms with Gasteiger partial charge in [0.15, 0.2) is 21.3 Å². The lowest BCUT2D eigenvalue weighted by molar-refractivity contribution is -0.147. The van der Waals surface area contributed by atoms with E-state index >= 15 is 0 Å². The quantitative estimate of drug-likeness (QED) is 0.503. The van der Waals surface area contributed by atoms with E-state index in [2.05, 4.69) is 9.47 Å². The molecule has 0 atom stereocenters. The molecular weight excluding hydrogens is 256 g/mol. The van der Waals surface area contributed by atoms with Gasteiger partial charge in [0, 0.05) is 0 Å². The van der Waals surface area contributed by atoms with Crippen LogP contribution in [0.15, 0.2) is 21.3 Å². The van der Waals surface area contributed by atoms with Crippen LogP contribution in [0.1, 0.15) is 0 Å². The standard InChI is InChI=1S/C8H2O8S/c9-3(10)1-5(13)15-7(1)17-8-2(4(11)12)6(14)16-8/h(H,9,10)(H,11,12). The molecule has 0 unspecified atom stereocenters. The van der Waals surface area contributed by atoms with Crippen molar-refractivity contribution in [2.45, 2.75) is 0 Å². The minimum absolute atomic E-state index is 0.302. The third-order valence-corrected chi connectivity index (χ3v) is 2.75. The predicted octanol–water partition coefficient (Wildman–Crippen LogP) is -0.574. The number of hydrogen-bond acceptors (Lipinski definition) is 7.